The number of alkyl halides is 3. The number of aromatic nitrogens is 1. The second-order valence-electron chi connectivity index (χ2n) is 4.57. The molecule has 0 aliphatic carbocycles. The monoisotopic (exact) mass is 293 g/mol. The zero-order chi connectivity index (χ0) is 14.0. The van der Waals surface area contributed by atoms with E-state index in [1.54, 1.807) is 6.07 Å². The number of piperidine rings is 1. The van der Waals surface area contributed by atoms with E-state index in [1.165, 1.54) is 16.5 Å². The van der Waals surface area contributed by atoms with E-state index < -0.39 is 12.1 Å². The first kappa shape index (κ1) is 14.3. The van der Waals surface area contributed by atoms with Crippen LogP contribution in [0.5, 0.6) is 0 Å². The van der Waals surface area contributed by atoms with Gasteiger partial charge in [0.1, 0.15) is 5.69 Å². The molecule has 2 rings (SSSR count). The fourth-order valence-electron chi connectivity index (χ4n) is 1.99. The predicted molar refractivity (Wildman–Crippen MR) is 64.7 cm³/mol. The van der Waals surface area contributed by atoms with Crippen molar-refractivity contribution in [3.63, 3.8) is 0 Å². The van der Waals surface area contributed by atoms with Gasteiger partial charge in [-0.15, -0.1) is 0 Å². The number of halogens is 3. The molecule has 1 aromatic heterocycles. The highest BCUT2D eigenvalue weighted by Gasteiger charge is 2.41. The number of amides is 1. The smallest absolute Gasteiger partial charge is 0.283 e. The Labute approximate surface area is 112 Å². The molecule has 0 aromatic carbocycles. The van der Waals surface area contributed by atoms with Crippen molar-refractivity contribution in [2.45, 2.75) is 25.9 Å². The SMILES string of the molecule is Cc1cc(C(=O)NN2CCC(C(F)(F)F)CC2)ns1. The number of carbonyl (C=O) groups is 1. The molecule has 2 heterocycles. The van der Waals surface area contributed by atoms with Crippen molar-refractivity contribution in [3.8, 4) is 0 Å². The highest BCUT2D eigenvalue weighted by molar-refractivity contribution is 7.05. The van der Waals surface area contributed by atoms with E-state index in [-0.39, 0.29) is 31.8 Å². The second kappa shape index (κ2) is 5.46. The normalized spacial score (nSPS) is 18.5. The van der Waals surface area contributed by atoms with Crippen LogP contribution in [0, 0.1) is 12.8 Å². The Bertz CT molecular complexity index is 452. The number of hydrazine groups is 1. The first-order chi connectivity index (χ1) is 8.86. The highest BCUT2D eigenvalue weighted by atomic mass is 32.1. The summed E-state index contributed by atoms with van der Waals surface area (Å²) < 4.78 is 41.4. The van der Waals surface area contributed by atoms with Crippen molar-refractivity contribution in [3.05, 3.63) is 16.6 Å². The lowest BCUT2D eigenvalue weighted by atomic mass is 9.97. The van der Waals surface area contributed by atoms with Crippen molar-refractivity contribution in [2.24, 2.45) is 5.92 Å². The van der Waals surface area contributed by atoms with E-state index in [0.29, 0.717) is 5.69 Å². The third-order valence-corrected chi connectivity index (χ3v) is 3.77. The molecule has 106 valence electrons. The molecule has 1 N–H and O–H groups in total. The number of nitrogens with zero attached hydrogens (tertiary/aromatic N) is 2. The van der Waals surface area contributed by atoms with Crippen LogP contribution in [0.4, 0.5) is 13.2 Å². The molecule has 19 heavy (non-hydrogen) atoms. The predicted octanol–water partition coefficient (Wildman–Crippen LogP) is 2.37. The van der Waals surface area contributed by atoms with Crippen molar-refractivity contribution >= 4 is 17.4 Å². The third kappa shape index (κ3) is 3.66. The molecule has 4 nitrogen and oxygen atoms in total. The summed E-state index contributed by atoms with van der Waals surface area (Å²) in [5.41, 5.74) is 2.90. The third-order valence-electron chi connectivity index (χ3n) is 3.08. The standard InChI is InChI=1S/C11H14F3N3OS/c1-7-6-9(16-19-7)10(18)15-17-4-2-8(3-5-17)11(12,13)14/h6,8H,2-5H2,1H3,(H,15,18). The second-order valence-corrected chi connectivity index (χ2v) is 5.58. The molecule has 0 bridgehead atoms. The molecule has 0 spiro atoms. The molecule has 1 amide bonds. The van der Waals surface area contributed by atoms with Gasteiger partial charge in [0.25, 0.3) is 5.91 Å². The topological polar surface area (TPSA) is 45.2 Å². The van der Waals surface area contributed by atoms with E-state index >= 15 is 0 Å². The zero-order valence-electron chi connectivity index (χ0n) is 10.3. The summed E-state index contributed by atoms with van der Waals surface area (Å²) >= 11 is 1.22. The van der Waals surface area contributed by atoms with Crippen LogP contribution in [-0.2, 0) is 0 Å². The maximum absolute atomic E-state index is 12.5. The Kier molecular flexibility index (Phi) is 4.10. The maximum Gasteiger partial charge on any atom is 0.391 e. The molecule has 0 atom stereocenters. The first-order valence-electron chi connectivity index (χ1n) is 5.92. The molecule has 1 aromatic rings. The number of rotatable bonds is 2. The molecular weight excluding hydrogens is 279 g/mol. The number of carbonyl (C=O) groups excluding carboxylic acids is 1. The fraction of sp³-hybridized carbons (Fsp3) is 0.636. The van der Waals surface area contributed by atoms with Crippen LogP contribution < -0.4 is 5.43 Å². The van der Waals surface area contributed by atoms with Gasteiger partial charge < -0.3 is 0 Å². The van der Waals surface area contributed by atoms with Gasteiger partial charge in [-0.2, -0.15) is 17.5 Å². The summed E-state index contributed by atoms with van der Waals surface area (Å²) in [6.07, 6.45) is -4.11. The lowest BCUT2D eigenvalue weighted by Crippen LogP contribution is -2.48. The van der Waals surface area contributed by atoms with E-state index in [9.17, 15) is 18.0 Å². The van der Waals surface area contributed by atoms with Gasteiger partial charge in [0.15, 0.2) is 0 Å². The van der Waals surface area contributed by atoms with Gasteiger partial charge >= 0.3 is 6.18 Å². The van der Waals surface area contributed by atoms with E-state index in [0.717, 1.165) is 4.88 Å². The van der Waals surface area contributed by atoms with Crippen LogP contribution in [0.2, 0.25) is 0 Å². The fourth-order valence-corrected chi connectivity index (χ4v) is 2.54. The largest absolute Gasteiger partial charge is 0.391 e. The molecule has 0 saturated carbocycles. The molecule has 1 saturated heterocycles. The van der Waals surface area contributed by atoms with Gasteiger partial charge in [-0.3, -0.25) is 10.2 Å². The zero-order valence-corrected chi connectivity index (χ0v) is 11.1. The molecular formula is C11H14F3N3OS. The van der Waals surface area contributed by atoms with Gasteiger partial charge in [-0.1, -0.05) is 0 Å². The quantitative estimate of drug-likeness (QED) is 0.910. The van der Waals surface area contributed by atoms with E-state index in [2.05, 4.69) is 9.80 Å². The Morgan fingerprint density at radius 2 is 2.11 bits per heavy atom. The number of aryl methyl sites for hydroxylation is 1. The van der Waals surface area contributed by atoms with Crippen molar-refractivity contribution in [1.29, 1.82) is 0 Å². The molecule has 8 heteroatoms. The first-order valence-corrected chi connectivity index (χ1v) is 6.69. The van der Waals surface area contributed by atoms with Gasteiger partial charge in [-0.25, -0.2) is 5.01 Å². The summed E-state index contributed by atoms with van der Waals surface area (Å²) in [7, 11) is 0. The summed E-state index contributed by atoms with van der Waals surface area (Å²) in [5.74, 6) is -1.63. The minimum atomic E-state index is -4.14. The average Bonchev–Trinajstić information content (AvgIpc) is 2.75. The van der Waals surface area contributed by atoms with E-state index in [1.807, 2.05) is 6.92 Å². The van der Waals surface area contributed by atoms with E-state index in [4.69, 9.17) is 0 Å². The van der Waals surface area contributed by atoms with Gasteiger partial charge in [-0.05, 0) is 37.4 Å². The van der Waals surface area contributed by atoms with Crippen LogP contribution in [0.1, 0.15) is 28.2 Å². The Balaban J connectivity index is 1.84. The van der Waals surface area contributed by atoms with Crippen molar-refractivity contribution in [1.82, 2.24) is 14.8 Å². The number of hydrogen-bond donors (Lipinski definition) is 1. The Hall–Kier alpha value is -1.15. The average molecular weight is 293 g/mol. The lowest BCUT2D eigenvalue weighted by Gasteiger charge is -2.32. The van der Waals surface area contributed by atoms with Gasteiger partial charge in [0.2, 0.25) is 0 Å². The highest BCUT2D eigenvalue weighted by Crippen LogP contribution is 2.33. The Morgan fingerprint density at radius 1 is 1.47 bits per heavy atom. The summed E-state index contributed by atoms with van der Waals surface area (Å²) in [6.45, 7) is 2.25. The van der Waals surface area contributed by atoms with Crippen molar-refractivity contribution < 1.29 is 18.0 Å². The lowest BCUT2D eigenvalue weighted by molar-refractivity contribution is -0.186. The summed E-state index contributed by atoms with van der Waals surface area (Å²) in [6, 6.07) is 1.66. The van der Waals surface area contributed by atoms with Crippen LogP contribution in [0.15, 0.2) is 6.07 Å². The molecule has 0 radical (unpaired) electrons. The molecule has 0 unspecified atom stereocenters. The molecule has 1 aliphatic rings. The minimum Gasteiger partial charge on any atom is -0.283 e. The van der Waals surface area contributed by atoms with Gasteiger partial charge in [0.05, 0.1) is 5.92 Å². The molecule has 1 fully saturated rings. The summed E-state index contributed by atoms with van der Waals surface area (Å²) in [4.78, 5) is 12.7. The van der Waals surface area contributed by atoms with Gasteiger partial charge in [0, 0.05) is 18.0 Å². The van der Waals surface area contributed by atoms with Crippen molar-refractivity contribution in [2.75, 3.05) is 13.1 Å². The van der Waals surface area contributed by atoms with Crippen LogP contribution in [-0.4, -0.2) is 34.6 Å². The minimum absolute atomic E-state index is 0.0138. The number of nitrogens with one attached hydrogen (secondary N) is 1. The van der Waals surface area contributed by atoms with Crippen LogP contribution >= 0.6 is 11.5 Å². The van der Waals surface area contributed by atoms with Crippen LogP contribution in [0.25, 0.3) is 0 Å². The van der Waals surface area contributed by atoms with Crippen LogP contribution in [0.3, 0.4) is 0 Å². The maximum atomic E-state index is 12.5. The number of hydrogen-bond acceptors (Lipinski definition) is 4. The molecule has 1 aliphatic heterocycles. The Morgan fingerprint density at radius 3 is 2.58 bits per heavy atom. The summed E-state index contributed by atoms with van der Waals surface area (Å²) in [5, 5.41) is 1.53.